The number of carbonyl (C=O) groups excluding carboxylic acids is 1. The van der Waals surface area contributed by atoms with Gasteiger partial charge in [0.05, 0.1) is 22.4 Å². The first-order valence-electron chi connectivity index (χ1n) is 5.21. The molecule has 0 unspecified atom stereocenters. The maximum Gasteiger partial charge on any atom is 0.258 e. The molecule has 0 saturated heterocycles. The van der Waals surface area contributed by atoms with Crippen molar-refractivity contribution in [2.75, 3.05) is 11.6 Å². The highest BCUT2D eigenvalue weighted by atomic mass is 32.2. The summed E-state index contributed by atoms with van der Waals surface area (Å²) in [6, 6.07) is 4.61. The van der Waals surface area contributed by atoms with Crippen molar-refractivity contribution < 1.29 is 22.0 Å². The molecule has 0 aliphatic heterocycles. The number of carbonyl (C=O) groups is 1. The molecule has 7 heteroatoms. The maximum atomic E-state index is 13.5. The number of rotatable bonds is 3. The Bertz CT molecular complexity index is 707. The van der Waals surface area contributed by atoms with Gasteiger partial charge >= 0.3 is 0 Å². The van der Waals surface area contributed by atoms with Crippen molar-refractivity contribution in [1.82, 2.24) is 0 Å². The summed E-state index contributed by atoms with van der Waals surface area (Å²) in [6.45, 7) is 0. The molecule has 0 spiro atoms. The Balaban J connectivity index is 2.32. The van der Waals surface area contributed by atoms with Gasteiger partial charge in [0, 0.05) is 6.26 Å². The van der Waals surface area contributed by atoms with Crippen molar-refractivity contribution in [2.45, 2.75) is 4.90 Å². The fraction of sp³-hybridized carbons (Fsp3) is 0.0833. The topological polar surface area (TPSA) is 76.4 Å². The van der Waals surface area contributed by atoms with Crippen LogP contribution in [0.15, 0.2) is 46.1 Å². The lowest BCUT2D eigenvalue weighted by Gasteiger charge is -2.07. The van der Waals surface area contributed by atoms with Gasteiger partial charge in [-0.25, -0.2) is 12.8 Å². The zero-order valence-electron chi connectivity index (χ0n) is 9.88. The van der Waals surface area contributed by atoms with Crippen LogP contribution in [0, 0.1) is 5.82 Å². The van der Waals surface area contributed by atoms with Crippen molar-refractivity contribution >= 4 is 21.4 Å². The van der Waals surface area contributed by atoms with Crippen LogP contribution in [0.4, 0.5) is 10.1 Å². The van der Waals surface area contributed by atoms with Gasteiger partial charge in [0.15, 0.2) is 9.84 Å². The molecule has 2 aromatic rings. The fourth-order valence-electron chi connectivity index (χ4n) is 1.42. The molecule has 1 N–H and O–H groups in total. The molecular formula is C12H10FNO4S. The number of benzene rings is 1. The summed E-state index contributed by atoms with van der Waals surface area (Å²) in [5.74, 6) is -1.30. The number of hydrogen-bond donors (Lipinski definition) is 1. The van der Waals surface area contributed by atoms with Gasteiger partial charge in [-0.3, -0.25) is 4.79 Å². The minimum Gasteiger partial charge on any atom is -0.472 e. The van der Waals surface area contributed by atoms with Gasteiger partial charge in [0.25, 0.3) is 5.91 Å². The molecule has 0 bridgehead atoms. The SMILES string of the molecule is CS(=O)(=O)c1ccc(F)c(NC(=O)c2ccoc2)c1. The van der Waals surface area contributed by atoms with Crippen LogP contribution >= 0.6 is 0 Å². The summed E-state index contributed by atoms with van der Waals surface area (Å²) in [5, 5.41) is 2.29. The zero-order chi connectivity index (χ0) is 14.0. The molecule has 0 aliphatic carbocycles. The van der Waals surface area contributed by atoms with E-state index >= 15 is 0 Å². The molecule has 1 aromatic carbocycles. The second kappa shape index (κ2) is 4.85. The van der Waals surface area contributed by atoms with Gasteiger partial charge in [-0.15, -0.1) is 0 Å². The smallest absolute Gasteiger partial charge is 0.258 e. The molecule has 0 radical (unpaired) electrons. The van der Waals surface area contributed by atoms with Crippen LogP contribution in [-0.2, 0) is 9.84 Å². The van der Waals surface area contributed by atoms with E-state index in [-0.39, 0.29) is 16.1 Å². The molecule has 1 amide bonds. The molecule has 1 aromatic heterocycles. The van der Waals surface area contributed by atoms with Crippen molar-refractivity contribution in [3.05, 3.63) is 48.2 Å². The number of amides is 1. The lowest BCUT2D eigenvalue weighted by Crippen LogP contribution is -2.12. The van der Waals surface area contributed by atoms with Crippen LogP contribution in [0.1, 0.15) is 10.4 Å². The van der Waals surface area contributed by atoms with Crippen molar-refractivity contribution in [3.63, 3.8) is 0 Å². The van der Waals surface area contributed by atoms with E-state index in [9.17, 15) is 17.6 Å². The molecule has 100 valence electrons. The number of halogens is 1. The summed E-state index contributed by atoms with van der Waals surface area (Å²) < 4.78 is 41.0. The minimum absolute atomic E-state index is 0.0728. The first-order chi connectivity index (χ1) is 8.88. The van der Waals surface area contributed by atoms with Crippen molar-refractivity contribution in [2.24, 2.45) is 0 Å². The standard InChI is InChI=1S/C12H10FNO4S/c1-19(16,17)9-2-3-10(13)11(6-9)14-12(15)8-4-5-18-7-8/h2-7H,1H3,(H,14,15). The van der Waals surface area contributed by atoms with Gasteiger partial charge in [0.2, 0.25) is 0 Å². The monoisotopic (exact) mass is 283 g/mol. The Morgan fingerprint density at radius 1 is 1.32 bits per heavy atom. The summed E-state index contributed by atoms with van der Waals surface area (Å²) in [4.78, 5) is 11.6. The van der Waals surface area contributed by atoms with E-state index in [4.69, 9.17) is 4.42 Å². The van der Waals surface area contributed by atoms with Crippen LogP contribution in [0.25, 0.3) is 0 Å². The van der Waals surface area contributed by atoms with E-state index in [0.717, 1.165) is 24.5 Å². The number of hydrogen-bond acceptors (Lipinski definition) is 4. The third kappa shape index (κ3) is 3.00. The Morgan fingerprint density at radius 2 is 2.05 bits per heavy atom. The minimum atomic E-state index is -3.47. The highest BCUT2D eigenvalue weighted by molar-refractivity contribution is 7.90. The normalized spacial score (nSPS) is 11.3. The maximum absolute atomic E-state index is 13.5. The lowest BCUT2D eigenvalue weighted by atomic mass is 10.2. The fourth-order valence-corrected chi connectivity index (χ4v) is 2.07. The van der Waals surface area contributed by atoms with Gasteiger partial charge in [0.1, 0.15) is 12.1 Å². The Labute approximate surface area is 109 Å². The molecule has 0 atom stereocenters. The molecule has 19 heavy (non-hydrogen) atoms. The van der Waals surface area contributed by atoms with Crippen LogP contribution in [0.3, 0.4) is 0 Å². The average molecular weight is 283 g/mol. The second-order valence-corrected chi connectivity index (χ2v) is 5.90. The number of sulfone groups is 1. The molecule has 0 fully saturated rings. The Morgan fingerprint density at radius 3 is 2.63 bits per heavy atom. The Kier molecular flexibility index (Phi) is 3.39. The van der Waals surface area contributed by atoms with Crippen LogP contribution in [0.2, 0.25) is 0 Å². The van der Waals surface area contributed by atoms with Gasteiger partial charge in [-0.1, -0.05) is 0 Å². The molecule has 1 heterocycles. The summed E-state index contributed by atoms with van der Waals surface area (Å²) in [7, 11) is -3.47. The highest BCUT2D eigenvalue weighted by Crippen LogP contribution is 2.20. The van der Waals surface area contributed by atoms with E-state index in [1.807, 2.05) is 0 Å². The predicted molar refractivity (Wildman–Crippen MR) is 66.2 cm³/mol. The quantitative estimate of drug-likeness (QED) is 0.875. The summed E-state index contributed by atoms with van der Waals surface area (Å²) in [5.41, 5.74) is 0.0123. The van der Waals surface area contributed by atoms with E-state index in [1.54, 1.807) is 0 Å². The van der Waals surface area contributed by atoms with Gasteiger partial charge in [-0.05, 0) is 24.3 Å². The van der Waals surface area contributed by atoms with Crippen LogP contribution < -0.4 is 5.32 Å². The molecule has 0 aliphatic rings. The van der Waals surface area contributed by atoms with E-state index in [2.05, 4.69) is 5.32 Å². The van der Waals surface area contributed by atoms with Crippen LogP contribution in [-0.4, -0.2) is 20.6 Å². The number of anilines is 1. The lowest BCUT2D eigenvalue weighted by molar-refractivity contribution is 0.102. The first kappa shape index (κ1) is 13.3. The largest absolute Gasteiger partial charge is 0.472 e. The van der Waals surface area contributed by atoms with Gasteiger partial charge in [-0.2, -0.15) is 0 Å². The van der Waals surface area contributed by atoms with E-state index in [1.165, 1.54) is 18.6 Å². The zero-order valence-corrected chi connectivity index (χ0v) is 10.7. The third-order valence-electron chi connectivity index (χ3n) is 2.40. The van der Waals surface area contributed by atoms with Crippen molar-refractivity contribution in [3.8, 4) is 0 Å². The third-order valence-corrected chi connectivity index (χ3v) is 3.51. The molecule has 0 saturated carbocycles. The van der Waals surface area contributed by atoms with E-state index in [0.29, 0.717) is 0 Å². The Hall–Kier alpha value is -2.15. The molecule has 5 nitrogen and oxygen atoms in total. The van der Waals surface area contributed by atoms with E-state index < -0.39 is 21.6 Å². The average Bonchev–Trinajstić information content (AvgIpc) is 2.84. The summed E-state index contributed by atoms with van der Waals surface area (Å²) in [6.07, 6.45) is 3.51. The summed E-state index contributed by atoms with van der Waals surface area (Å²) >= 11 is 0. The number of nitrogens with one attached hydrogen (secondary N) is 1. The molecular weight excluding hydrogens is 273 g/mol. The van der Waals surface area contributed by atoms with Crippen LogP contribution in [0.5, 0.6) is 0 Å². The highest BCUT2D eigenvalue weighted by Gasteiger charge is 2.14. The molecule has 2 rings (SSSR count). The van der Waals surface area contributed by atoms with Gasteiger partial charge < -0.3 is 9.73 Å². The first-order valence-corrected chi connectivity index (χ1v) is 7.10. The number of furan rings is 1. The second-order valence-electron chi connectivity index (χ2n) is 3.88. The van der Waals surface area contributed by atoms with Crippen molar-refractivity contribution in [1.29, 1.82) is 0 Å². The predicted octanol–water partition coefficient (Wildman–Crippen LogP) is 2.07.